The summed E-state index contributed by atoms with van der Waals surface area (Å²) in [7, 11) is 1.79. The van der Waals surface area contributed by atoms with E-state index in [1.54, 1.807) is 11.9 Å². The van der Waals surface area contributed by atoms with Crippen molar-refractivity contribution < 1.29 is 4.79 Å². The molecule has 0 aliphatic rings. The average molecular weight is 391 g/mol. The highest BCUT2D eigenvalue weighted by Gasteiger charge is 2.14. The van der Waals surface area contributed by atoms with Gasteiger partial charge in [0.25, 0.3) is 0 Å². The maximum atomic E-state index is 12.4. The van der Waals surface area contributed by atoms with Gasteiger partial charge in [-0.1, -0.05) is 53.5 Å². The Kier molecular flexibility index (Phi) is 5.74. The van der Waals surface area contributed by atoms with E-state index >= 15 is 0 Å². The Balaban J connectivity index is 1.65. The molecule has 2 aromatic carbocycles. The molecule has 0 unspecified atom stereocenters. The number of aromatic nitrogens is 1. The van der Waals surface area contributed by atoms with Gasteiger partial charge < -0.3 is 4.90 Å². The molecule has 0 fully saturated rings. The average Bonchev–Trinajstić information content (AvgIpc) is 3.05. The molecule has 25 heavy (non-hydrogen) atoms. The summed E-state index contributed by atoms with van der Waals surface area (Å²) in [6.07, 6.45) is 0.269. The first-order valence-electron chi connectivity index (χ1n) is 7.70. The third kappa shape index (κ3) is 4.60. The summed E-state index contributed by atoms with van der Waals surface area (Å²) in [4.78, 5) is 18.7. The molecule has 6 heteroatoms. The monoisotopic (exact) mass is 390 g/mol. The number of likely N-dealkylation sites (N-methyl/N-ethyl adjacent to an activating group) is 1. The zero-order chi connectivity index (χ0) is 17.8. The van der Waals surface area contributed by atoms with Crippen molar-refractivity contribution >= 4 is 40.4 Å². The van der Waals surface area contributed by atoms with Crippen molar-refractivity contribution in [3.8, 4) is 10.6 Å². The van der Waals surface area contributed by atoms with Crippen molar-refractivity contribution in [3.05, 3.63) is 75.2 Å². The summed E-state index contributed by atoms with van der Waals surface area (Å²) in [5.41, 5.74) is 2.69. The van der Waals surface area contributed by atoms with Gasteiger partial charge in [-0.25, -0.2) is 4.98 Å². The summed E-state index contributed by atoms with van der Waals surface area (Å²) in [5.74, 6) is 0.0194. The Morgan fingerprint density at radius 3 is 2.56 bits per heavy atom. The SMILES string of the molecule is CN(Cc1ccc(Cl)cc1)C(=O)Cc1csc(-c2ccccc2Cl)n1. The molecular weight excluding hydrogens is 375 g/mol. The van der Waals surface area contributed by atoms with Crippen LogP contribution in [0.2, 0.25) is 10.0 Å². The summed E-state index contributed by atoms with van der Waals surface area (Å²) in [6, 6.07) is 15.1. The Morgan fingerprint density at radius 2 is 1.84 bits per heavy atom. The lowest BCUT2D eigenvalue weighted by Gasteiger charge is -2.16. The van der Waals surface area contributed by atoms with E-state index < -0.39 is 0 Å². The first-order valence-corrected chi connectivity index (χ1v) is 9.34. The lowest BCUT2D eigenvalue weighted by molar-refractivity contribution is -0.129. The van der Waals surface area contributed by atoms with Crippen molar-refractivity contribution in [2.24, 2.45) is 0 Å². The molecule has 0 radical (unpaired) electrons. The highest BCUT2D eigenvalue weighted by molar-refractivity contribution is 7.13. The number of halogens is 2. The Labute approximate surface area is 160 Å². The van der Waals surface area contributed by atoms with Crippen molar-refractivity contribution in [2.45, 2.75) is 13.0 Å². The van der Waals surface area contributed by atoms with Crippen molar-refractivity contribution in [1.82, 2.24) is 9.88 Å². The van der Waals surface area contributed by atoms with E-state index in [4.69, 9.17) is 23.2 Å². The van der Waals surface area contributed by atoms with E-state index in [9.17, 15) is 4.79 Å². The molecule has 0 N–H and O–H groups in total. The topological polar surface area (TPSA) is 33.2 Å². The fraction of sp³-hybridized carbons (Fsp3) is 0.158. The minimum absolute atomic E-state index is 0.0194. The minimum Gasteiger partial charge on any atom is -0.341 e. The van der Waals surface area contributed by atoms with E-state index in [0.717, 1.165) is 21.8 Å². The molecule has 0 saturated heterocycles. The Bertz CT molecular complexity index is 877. The minimum atomic E-state index is 0.0194. The number of amides is 1. The van der Waals surface area contributed by atoms with Crippen LogP contribution in [0.1, 0.15) is 11.3 Å². The summed E-state index contributed by atoms with van der Waals surface area (Å²) < 4.78 is 0. The molecule has 0 bridgehead atoms. The van der Waals surface area contributed by atoms with Crippen LogP contribution < -0.4 is 0 Å². The predicted molar refractivity (Wildman–Crippen MR) is 104 cm³/mol. The van der Waals surface area contributed by atoms with Gasteiger partial charge in [-0.2, -0.15) is 0 Å². The molecule has 128 valence electrons. The van der Waals surface area contributed by atoms with Gasteiger partial charge in [0.2, 0.25) is 5.91 Å². The van der Waals surface area contributed by atoms with E-state index in [-0.39, 0.29) is 12.3 Å². The maximum Gasteiger partial charge on any atom is 0.228 e. The van der Waals surface area contributed by atoms with Crippen LogP contribution in [0.25, 0.3) is 10.6 Å². The number of nitrogens with zero attached hydrogens (tertiary/aromatic N) is 2. The third-order valence-electron chi connectivity index (χ3n) is 3.75. The van der Waals surface area contributed by atoms with Crippen molar-refractivity contribution in [1.29, 1.82) is 0 Å². The highest BCUT2D eigenvalue weighted by Crippen LogP contribution is 2.30. The first kappa shape index (κ1) is 17.9. The number of hydrogen-bond acceptors (Lipinski definition) is 3. The molecule has 0 aliphatic heterocycles. The number of thiazole rings is 1. The molecule has 1 aromatic heterocycles. The molecule has 3 rings (SSSR count). The number of carbonyl (C=O) groups excluding carboxylic acids is 1. The van der Waals surface area contributed by atoms with Crippen LogP contribution in [0.4, 0.5) is 0 Å². The van der Waals surface area contributed by atoms with Gasteiger partial charge in [-0.3, -0.25) is 4.79 Å². The number of carbonyl (C=O) groups is 1. The van der Waals surface area contributed by atoms with Crippen LogP contribution in [-0.4, -0.2) is 22.8 Å². The highest BCUT2D eigenvalue weighted by atomic mass is 35.5. The molecule has 0 spiro atoms. The zero-order valence-corrected chi connectivity index (χ0v) is 15.9. The van der Waals surface area contributed by atoms with E-state index in [2.05, 4.69) is 4.98 Å². The van der Waals surface area contributed by atoms with Gasteiger partial charge in [0.1, 0.15) is 5.01 Å². The lowest BCUT2D eigenvalue weighted by Crippen LogP contribution is -2.27. The van der Waals surface area contributed by atoms with E-state index in [1.807, 2.05) is 53.9 Å². The summed E-state index contributed by atoms with van der Waals surface area (Å²) >= 11 is 13.6. The molecule has 0 atom stereocenters. The van der Waals surface area contributed by atoms with Crippen LogP contribution in [0, 0.1) is 0 Å². The largest absolute Gasteiger partial charge is 0.341 e. The number of benzene rings is 2. The van der Waals surface area contributed by atoms with Gasteiger partial charge in [0, 0.05) is 29.6 Å². The van der Waals surface area contributed by atoms with Gasteiger partial charge in [0.15, 0.2) is 0 Å². The van der Waals surface area contributed by atoms with Crippen LogP contribution in [0.3, 0.4) is 0 Å². The fourth-order valence-electron chi connectivity index (χ4n) is 2.39. The second-order valence-electron chi connectivity index (χ2n) is 5.68. The Morgan fingerprint density at radius 1 is 1.12 bits per heavy atom. The predicted octanol–water partition coefficient (Wildman–Crippen LogP) is 5.32. The molecule has 3 nitrogen and oxygen atoms in total. The normalized spacial score (nSPS) is 10.7. The smallest absolute Gasteiger partial charge is 0.228 e. The van der Waals surface area contributed by atoms with Crippen LogP contribution in [0.15, 0.2) is 53.9 Å². The molecular formula is C19H16Cl2N2OS. The molecule has 0 saturated carbocycles. The molecule has 3 aromatic rings. The van der Waals surface area contributed by atoms with Gasteiger partial charge >= 0.3 is 0 Å². The number of rotatable bonds is 5. The standard InChI is InChI=1S/C19H16Cl2N2OS/c1-23(11-13-6-8-14(20)9-7-13)18(24)10-15-12-25-19(22-15)16-4-2-3-5-17(16)21/h2-9,12H,10-11H2,1H3. The van der Waals surface area contributed by atoms with Gasteiger partial charge in [-0.05, 0) is 23.8 Å². The third-order valence-corrected chi connectivity index (χ3v) is 5.25. The molecule has 1 heterocycles. The van der Waals surface area contributed by atoms with E-state index in [1.165, 1.54) is 11.3 Å². The molecule has 0 aliphatic carbocycles. The quantitative estimate of drug-likeness (QED) is 0.590. The van der Waals surface area contributed by atoms with Crippen LogP contribution in [-0.2, 0) is 17.8 Å². The van der Waals surface area contributed by atoms with E-state index in [0.29, 0.717) is 16.6 Å². The maximum absolute atomic E-state index is 12.4. The Hall–Kier alpha value is -1.88. The summed E-state index contributed by atoms with van der Waals surface area (Å²) in [5, 5.41) is 4.09. The zero-order valence-electron chi connectivity index (χ0n) is 13.6. The molecule has 1 amide bonds. The van der Waals surface area contributed by atoms with Crippen LogP contribution >= 0.6 is 34.5 Å². The van der Waals surface area contributed by atoms with Crippen molar-refractivity contribution in [2.75, 3.05) is 7.05 Å². The summed E-state index contributed by atoms with van der Waals surface area (Å²) in [6.45, 7) is 0.539. The lowest BCUT2D eigenvalue weighted by atomic mass is 10.2. The second-order valence-corrected chi connectivity index (χ2v) is 7.38. The van der Waals surface area contributed by atoms with Crippen LogP contribution in [0.5, 0.6) is 0 Å². The fourth-order valence-corrected chi connectivity index (χ4v) is 3.65. The number of hydrogen-bond donors (Lipinski definition) is 0. The first-order chi connectivity index (χ1) is 12.0. The van der Waals surface area contributed by atoms with Gasteiger partial charge in [-0.15, -0.1) is 11.3 Å². The second kappa shape index (κ2) is 8.00. The van der Waals surface area contributed by atoms with Gasteiger partial charge in [0.05, 0.1) is 17.1 Å². The van der Waals surface area contributed by atoms with Crippen molar-refractivity contribution in [3.63, 3.8) is 0 Å².